The highest BCUT2D eigenvalue weighted by atomic mass is 16.2. The maximum Gasteiger partial charge on any atom is 0.330 e. The van der Waals surface area contributed by atoms with Crippen LogP contribution in [0.25, 0.3) is 0 Å². The van der Waals surface area contributed by atoms with Gasteiger partial charge in [0, 0.05) is 18.8 Å². The summed E-state index contributed by atoms with van der Waals surface area (Å²) in [5.74, 6) is -2.06. The van der Waals surface area contributed by atoms with Crippen molar-refractivity contribution in [2.24, 2.45) is 10.9 Å². The van der Waals surface area contributed by atoms with Gasteiger partial charge in [0.1, 0.15) is 0 Å². The van der Waals surface area contributed by atoms with Crippen LogP contribution in [-0.4, -0.2) is 41.5 Å². The van der Waals surface area contributed by atoms with Crippen LogP contribution in [0.3, 0.4) is 0 Å². The van der Waals surface area contributed by atoms with E-state index in [2.05, 4.69) is 10.3 Å². The average Bonchev–Trinajstić information content (AvgIpc) is 2.55. The number of hydrogen-bond acceptors (Lipinski definition) is 4. The average molecular weight is 329 g/mol. The molecule has 4 amide bonds. The standard InChI is InChI=1S/C18H23N3O3/c1-3-4-12-21-17(23)15(16(22)20-18(21)24)13(2)19-11-10-14-8-6-5-7-9-14/h5-9,15H,3-4,10-12H2,1-2H3,(H,20,22,24)/t15-/m0/s1. The topological polar surface area (TPSA) is 78.8 Å². The van der Waals surface area contributed by atoms with Crippen molar-refractivity contribution in [3.8, 4) is 0 Å². The maximum atomic E-state index is 12.5. The van der Waals surface area contributed by atoms with E-state index in [0.29, 0.717) is 25.2 Å². The first-order valence-electron chi connectivity index (χ1n) is 8.25. The van der Waals surface area contributed by atoms with Gasteiger partial charge in [-0.15, -0.1) is 0 Å². The van der Waals surface area contributed by atoms with Crippen LogP contribution in [0.5, 0.6) is 0 Å². The second kappa shape index (κ2) is 8.38. The van der Waals surface area contributed by atoms with Crippen LogP contribution in [0, 0.1) is 5.92 Å². The Morgan fingerprint density at radius 1 is 1.21 bits per heavy atom. The molecule has 24 heavy (non-hydrogen) atoms. The van der Waals surface area contributed by atoms with Crippen LogP contribution in [-0.2, 0) is 16.0 Å². The van der Waals surface area contributed by atoms with Gasteiger partial charge in [-0.1, -0.05) is 43.7 Å². The zero-order valence-electron chi connectivity index (χ0n) is 14.1. The third kappa shape index (κ3) is 4.28. The fraction of sp³-hybridized carbons (Fsp3) is 0.444. The van der Waals surface area contributed by atoms with Crippen LogP contribution in [0.4, 0.5) is 4.79 Å². The number of barbiturate groups is 1. The highest BCUT2D eigenvalue weighted by Gasteiger charge is 2.41. The first-order valence-corrected chi connectivity index (χ1v) is 8.25. The third-order valence-electron chi connectivity index (χ3n) is 4.01. The Labute approximate surface area is 141 Å². The van der Waals surface area contributed by atoms with Gasteiger partial charge in [0.05, 0.1) is 0 Å². The number of hydrogen-bond donors (Lipinski definition) is 1. The molecule has 1 aromatic carbocycles. The minimum atomic E-state index is -1.00. The van der Waals surface area contributed by atoms with Gasteiger partial charge < -0.3 is 0 Å². The van der Waals surface area contributed by atoms with Crippen molar-refractivity contribution in [2.45, 2.75) is 33.1 Å². The molecule has 0 unspecified atom stereocenters. The van der Waals surface area contributed by atoms with E-state index < -0.39 is 23.8 Å². The van der Waals surface area contributed by atoms with E-state index in [0.717, 1.165) is 23.3 Å². The molecule has 0 radical (unpaired) electrons. The predicted molar refractivity (Wildman–Crippen MR) is 91.8 cm³/mol. The van der Waals surface area contributed by atoms with Crippen molar-refractivity contribution in [1.82, 2.24) is 10.2 Å². The predicted octanol–water partition coefficient (Wildman–Crippen LogP) is 2.18. The number of aliphatic imine (C=N–C) groups is 1. The number of nitrogens with one attached hydrogen (secondary N) is 1. The molecule has 0 aromatic heterocycles. The molecule has 0 aliphatic carbocycles. The third-order valence-corrected chi connectivity index (χ3v) is 4.01. The van der Waals surface area contributed by atoms with Gasteiger partial charge in [0.2, 0.25) is 11.8 Å². The van der Waals surface area contributed by atoms with E-state index in [-0.39, 0.29) is 0 Å². The van der Waals surface area contributed by atoms with E-state index in [9.17, 15) is 14.4 Å². The Bertz CT molecular complexity index is 640. The lowest BCUT2D eigenvalue weighted by Crippen LogP contribution is -2.59. The number of benzene rings is 1. The number of rotatable bonds is 7. The lowest BCUT2D eigenvalue weighted by Gasteiger charge is -2.30. The highest BCUT2D eigenvalue weighted by Crippen LogP contribution is 2.14. The second-order valence-electron chi connectivity index (χ2n) is 5.83. The fourth-order valence-corrected chi connectivity index (χ4v) is 2.61. The molecular weight excluding hydrogens is 306 g/mol. The van der Waals surface area contributed by atoms with Crippen molar-refractivity contribution >= 4 is 23.6 Å². The zero-order valence-corrected chi connectivity index (χ0v) is 14.1. The van der Waals surface area contributed by atoms with Crippen molar-refractivity contribution in [2.75, 3.05) is 13.1 Å². The quantitative estimate of drug-likeness (QED) is 0.615. The van der Waals surface area contributed by atoms with E-state index >= 15 is 0 Å². The minimum absolute atomic E-state index is 0.322. The molecule has 0 saturated carbocycles. The number of unbranched alkanes of at least 4 members (excludes halogenated alkanes) is 1. The molecule has 0 bridgehead atoms. The van der Waals surface area contributed by atoms with Gasteiger partial charge in [0.15, 0.2) is 5.92 Å². The van der Waals surface area contributed by atoms with Crippen LogP contribution in [0.2, 0.25) is 0 Å². The normalized spacial score (nSPS) is 18.8. The smallest absolute Gasteiger partial charge is 0.293 e. The molecular formula is C18H23N3O3. The lowest BCUT2D eigenvalue weighted by molar-refractivity contribution is -0.139. The van der Waals surface area contributed by atoms with Gasteiger partial charge in [-0.25, -0.2) is 4.79 Å². The summed E-state index contributed by atoms with van der Waals surface area (Å²) < 4.78 is 0. The van der Waals surface area contributed by atoms with Crippen LogP contribution < -0.4 is 5.32 Å². The molecule has 0 spiro atoms. The fourth-order valence-electron chi connectivity index (χ4n) is 2.61. The van der Waals surface area contributed by atoms with Gasteiger partial charge >= 0.3 is 6.03 Å². The number of imide groups is 2. The number of amides is 4. The molecule has 1 heterocycles. The molecule has 1 aliphatic rings. The van der Waals surface area contributed by atoms with E-state index in [1.807, 2.05) is 37.3 Å². The van der Waals surface area contributed by atoms with Gasteiger partial charge in [0.25, 0.3) is 0 Å². The second-order valence-corrected chi connectivity index (χ2v) is 5.83. The number of urea groups is 1. The molecule has 1 N–H and O–H groups in total. The molecule has 1 fully saturated rings. The minimum Gasteiger partial charge on any atom is -0.293 e. The van der Waals surface area contributed by atoms with Crippen LogP contribution >= 0.6 is 0 Å². The Balaban J connectivity index is 2.04. The molecule has 1 aromatic rings. The summed E-state index contributed by atoms with van der Waals surface area (Å²) >= 11 is 0. The molecule has 2 rings (SSSR count). The highest BCUT2D eigenvalue weighted by molar-refractivity contribution is 6.27. The number of carbonyl (C=O) groups excluding carboxylic acids is 3. The Hall–Kier alpha value is -2.50. The zero-order chi connectivity index (χ0) is 17.5. The molecule has 1 saturated heterocycles. The Kier molecular flexibility index (Phi) is 6.23. The monoisotopic (exact) mass is 329 g/mol. The van der Waals surface area contributed by atoms with Crippen molar-refractivity contribution in [3.05, 3.63) is 35.9 Å². The van der Waals surface area contributed by atoms with Gasteiger partial charge in [-0.3, -0.25) is 24.8 Å². The Morgan fingerprint density at radius 2 is 1.92 bits per heavy atom. The van der Waals surface area contributed by atoms with E-state index in [1.54, 1.807) is 6.92 Å². The largest absolute Gasteiger partial charge is 0.330 e. The first-order chi connectivity index (χ1) is 11.5. The summed E-state index contributed by atoms with van der Waals surface area (Å²) in [4.78, 5) is 41.9. The van der Waals surface area contributed by atoms with Gasteiger partial charge in [-0.05, 0) is 25.3 Å². The van der Waals surface area contributed by atoms with E-state index in [4.69, 9.17) is 0 Å². The molecule has 128 valence electrons. The molecule has 6 nitrogen and oxygen atoms in total. The van der Waals surface area contributed by atoms with Crippen LogP contribution in [0.15, 0.2) is 35.3 Å². The van der Waals surface area contributed by atoms with E-state index in [1.165, 1.54) is 0 Å². The molecule has 1 atom stereocenters. The Morgan fingerprint density at radius 3 is 2.58 bits per heavy atom. The SMILES string of the molecule is CCCCN1C(=O)NC(=O)[C@H](C(C)=NCCc2ccccc2)C1=O. The summed E-state index contributed by atoms with van der Waals surface area (Å²) in [5, 5.41) is 2.25. The summed E-state index contributed by atoms with van der Waals surface area (Å²) in [6, 6.07) is 9.25. The maximum absolute atomic E-state index is 12.5. The first kappa shape index (κ1) is 17.8. The summed E-state index contributed by atoms with van der Waals surface area (Å²) in [6.07, 6.45) is 2.31. The van der Waals surface area contributed by atoms with Crippen molar-refractivity contribution < 1.29 is 14.4 Å². The van der Waals surface area contributed by atoms with Crippen molar-refractivity contribution in [1.29, 1.82) is 0 Å². The number of nitrogens with zero attached hydrogens (tertiary/aromatic N) is 2. The molecule has 6 heteroatoms. The summed E-state index contributed by atoms with van der Waals surface area (Å²) in [5.41, 5.74) is 1.59. The van der Waals surface area contributed by atoms with Gasteiger partial charge in [-0.2, -0.15) is 0 Å². The number of carbonyl (C=O) groups is 3. The van der Waals surface area contributed by atoms with Crippen molar-refractivity contribution in [3.63, 3.8) is 0 Å². The summed E-state index contributed by atoms with van der Waals surface area (Å²) in [6.45, 7) is 4.46. The summed E-state index contributed by atoms with van der Waals surface area (Å²) in [7, 11) is 0. The lowest BCUT2D eigenvalue weighted by atomic mass is 9.99. The molecule has 1 aliphatic heterocycles. The van der Waals surface area contributed by atoms with Crippen LogP contribution in [0.1, 0.15) is 32.3 Å².